The highest BCUT2D eigenvalue weighted by Gasteiger charge is 2.20. The number of rotatable bonds is 3. The van der Waals surface area contributed by atoms with E-state index in [9.17, 15) is 9.90 Å². The fourth-order valence-electron chi connectivity index (χ4n) is 1.48. The molecule has 0 radical (unpaired) electrons. The fraction of sp³-hybridized carbons (Fsp3) is 0.182. The molecule has 0 saturated carbocycles. The molecular formula is C11H10N2O3S. The molecule has 0 fully saturated rings. The number of aryl methyl sites for hydroxylation is 1. The summed E-state index contributed by atoms with van der Waals surface area (Å²) >= 11 is 1.50. The number of thiophene rings is 1. The molecule has 2 heterocycles. The van der Waals surface area contributed by atoms with Gasteiger partial charge in [-0.1, -0.05) is 0 Å². The van der Waals surface area contributed by atoms with Crippen LogP contribution in [0.5, 0.6) is 5.88 Å². The number of carboxylic acids is 1. The maximum absolute atomic E-state index is 11.2. The van der Waals surface area contributed by atoms with Crippen molar-refractivity contribution in [1.29, 1.82) is 0 Å². The number of hydrogen-bond donors (Lipinski definition) is 1. The van der Waals surface area contributed by atoms with E-state index in [-0.39, 0.29) is 11.4 Å². The Kier molecular flexibility index (Phi) is 3.06. The first-order valence-corrected chi connectivity index (χ1v) is 5.65. The van der Waals surface area contributed by atoms with Crippen molar-refractivity contribution in [2.75, 3.05) is 7.11 Å². The van der Waals surface area contributed by atoms with Gasteiger partial charge >= 0.3 is 5.97 Å². The van der Waals surface area contributed by atoms with Crippen molar-refractivity contribution in [2.45, 2.75) is 6.92 Å². The molecule has 1 N–H and O–H groups in total. The van der Waals surface area contributed by atoms with Crippen molar-refractivity contribution in [3.63, 3.8) is 0 Å². The third-order valence-electron chi connectivity index (χ3n) is 2.23. The molecule has 2 rings (SSSR count). The number of aromatic carboxylic acids is 1. The van der Waals surface area contributed by atoms with Crippen LogP contribution in [0.4, 0.5) is 0 Å². The smallest absolute Gasteiger partial charge is 0.342 e. The molecule has 0 aliphatic carbocycles. The lowest BCUT2D eigenvalue weighted by atomic mass is 10.1. The first kappa shape index (κ1) is 11.5. The summed E-state index contributed by atoms with van der Waals surface area (Å²) in [5.41, 5.74) is 0.576. The lowest BCUT2D eigenvalue weighted by molar-refractivity contribution is 0.0693. The van der Waals surface area contributed by atoms with Crippen molar-refractivity contribution in [3.05, 3.63) is 28.8 Å². The van der Waals surface area contributed by atoms with E-state index in [4.69, 9.17) is 4.74 Å². The predicted octanol–water partition coefficient (Wildman–Crippen LogP) is 2.22. The summed E-state index contributed by atoms with van der Waals surface area (Å²) in [6.45, 7) is 1.96. The number of hydrogen-bond acceptors (Lipinski definition) is 5. The molecule has 0 amide bonds. The summed E-state index contributed by atoms with van der Waals surface area (Å²) in [4.78, 5) is 13.2. The van der Waals surface area contributed by atoms with Gasteiger partial charge in [-0.05, 0) is 19.1 Å². The minimum atomic E-state index is -1.07. The standard InChI is InChI=1S/C11H10N2O3S/c1-6-3-4-8(17-6)7-5-12-13-10(16-2)9(7)11(14)15/h3-5H,1-2H3,(H,14,15). The van der Waals surface area contributed by atoms with Gasteiger partial charge in [0.05, 0.1) is 13.3 Å². The van der Waals surface area contributed by atoms with Gasteiger partial charge in [-0.25, -0.2) is 4.79 Å². The minimum Gasteiger partial charge on any atom is -0.479 e. The number of carboxylic acid groups (broad SMARTS) is 1. The van der Waals surface area contributed by atoms with Crippen molar-refractivity contribution < 1.29 is 14.6 Å². The van der Waals surface area contributed by atoms with Gasteiger partial charge in [0.15, 0.2) is 0 Å². The number of carbonyl (C=O) groups is 1. The second-order valence-electron chi connectivity index (χ2n) is 3.36. The summed E-state index contributed by atoms with van der Waals surface area (Å²) in [7, 11) is 1.37. The highest BCUT2D eigenvalue weighted by molar-refractivity contribution is 7.15. The average molecular weight is 250 g/mol. The van der Waals surface area contributed by atoms with Crippen molar-refractivity contribution in [2.24, 2.45) is 0 Å². The topological polar surface area (TPSA) is 72.3 Å². The Morgan fingerprint density at radius 3 is 2.76 bits per heavy atom. The zero-order chi connectivity index (χ0) is 12.4. The van der Waals surface area contributed by atoms with Gasteiger partial charge in [-0.3, -0.25) is 0 Å². The molecule has 2 aromatic rings. The Morgan fingerprint density at radius 2 is 2.24 bits per heavy atom. The molecule has 2 aromatic heterocycles. The molecule has 17 heavy (non-hydrogen) atoms. The van der Waals surface area contributed by atoms with E-state index in [1.165, 1.54) is 24.6 Å². The lowest BCUT2D eigenvalue weighted by Crippen LogP contribution is -2.05. The van der Waals surface area contributed by atoms with Crippen LogP contribution < -0.4 is 4.74 Å². The molecule has 0 saturated heterocycles. The van der Waals surface area contributed by atoms with E-state index in [0.29, 0.717) is 5.56 Å². The maximum Gasteiger partial charge on any atom is 0.342 e. The van der Waals surface area contributed by atoms with E-state index in [1.54, 1.807) is 0 Å². The van der Waals surface area contributed by atoms with Gasteiger partial charge in [0, 0.05) is 15.3 Å². The van der Waals surface area contributed by atoms with Gasteiger partial charge in [0.2, 0.25) is 5.88 Å². The Bertz CT molecular complexity index is 566. The van der Waals surface area contributed by atoms with Crippen LogP contribution in [0.3, 0.4) is 0 Å². The Labute approximate surface area is 102 Å². The quantitative estimate of drug-likeness (QED) is 0.904. The van der Waals surface area contributed by atoms with E-state index in [1.807, 2.05) is 19.1 Å². The Hall–Kier alpha value is -1.95. The highest BCUT2D eigenvalue weighted by atomic mass is 32.1. The van der Waals surface area contributed by atoms with Gasteiger partial charge < -0.3 is 9.84 Å². The number of nitrogens with zero attached hydrogens (tertiary/aromatic N) is 2. The molecule has 5 nitrogen and oxygen atoms in total. The van der Waals surface area contributed by atoms with Crippen LogP contribution in [0.15, 0.2) is 18.3 Å². The van der Waals surface area contributed by atoms with E-state index in [2.05, 4.69) is 10.2 Å². The lowest BCUT2D eigenvalue weighted by Gasteiger charge is -2.06. The molecule has 0 aromatic carbocycles. The van der Waals surface area contributed by atoms with Crippen molar-refractivity contribution in [1.82, 2.24) is 10.2 Å². The van der Waals surface area contributed by atoms with Crippen LogP contribution in [0.2, 0.25) is 0 Å². The summed E-state index contributed by atoms with van der Waals surface area (Å²) in [6, 6.07) is 3.79. The van der Waals surface area contributed by atoms with Gasteiger partial charge in [-0.2, -0.15) is 5.10 Å². The molecule has 0 aliphatic rings. The Morgan fingerprint density at radius 1 is 1.47 bits per heavy atom. The summed E-state index contributed by atoms with van der Waals surface area (Å²) < 4.78 is 4.93. The number of methoxy groups -OCH3 is 1. The fourth-order valence-corrected chi connectivity index (χ4v) is 2.37. The van der Waals surface area contributed by atoms with E-state index in [0.717, 1.165) is 9.75 Å². The van der Waals surface area contributed by atoms with Crippen molar-refractivity contribution >= 4 is 17.3 Å². The van der Waals surface area contributed by atoms with E-state index < -0.39 is 5.97 Å². The number of aromatic nitrogens is 2. The summed E-state index contributed by atoms with van der Waals surface area (Å²) in [5, 5.41) is 16.6. The second kappa shape index (κ2) is 4.50. The highest BCUT2D eigenvalue weighted by Crippen LogP contribution is 2.32. The summed E-state index contributed by atoms with van der Waals surface area (Å²) in [5.74, 6) is -1.04. The SMILES string of the molecule is COc1nncc(-c2ccc(C)s2)c1C(=O)O. The monoisotopic (exact) mass is 250 g/mol. The third-order valence-corrected chi connectivity index (χ3v) is 3.27. The molecule has 88 valence electrons. The predicted molar refractivity (Wildman–Crippen MR) is 63.6 cm³/mol. The normalized spacial score (nSPS) is 10.2. The zero-order valence-electron chi connectivity index (χ0n) is 9.30. The second-order valence-corrected chi connectivity index (χ2v) is 4.65. The summed E-state index contributed by atoms with van der Waals surface area (Å²) in [6.07, 6.45) is 1.44. The van der Waals surface area contributed by atoms with Crippen LogP contribution in [-0.2, 0) is 0 Å². The molecule has 0 bridgehead atoms. The molecular weight excluding hydrogens is 240 g/mol. The molecule has 0 aliphatic heterocycles. The van der Waals surface area contributed by atoms with Gasteiger partial charge in [-0.15, -0.1) is 16.4 Å². The van der Waals surface area contributed by atoms with Crippen molar-refractivity contribution in [3.8, 4) is 16.3 Å². The third kappa shape index (κ3) is 2.12. The maximum atomic E-state index is 11.2. The first-order chi connectivity index (χ1) is 8.13. The van der Waals surface area contributed by atoms with Crippen LogP contribution in [0.25, 0.3) is 10.4 Å². The molecule has 6 heteroatoms. The number of ether oxygens (including phenoxy) is 1. The average Bonchev–Trinajstić information content (AvgIpc) is 2.74. The van der Waals surface area contributed by atoms with Crippen LogP contribution in [-0.4, -0.2) is 28.4 Å². The molecule has 0 spiro atoms. The minimum absolute atomic E-state index is 0.0288. The van der Waals surface area contributed by atoms with Crippen LogP contribution >= 0.6 is 11.3 Å². The molecule has 0 atom stereocenters. The van der Waals surface area contributed by atoms with Gasteiger partial charge in [0.1, 0.15) is 5.56 Å². The van der Waals surface area contributed by atoms with E-state index >= 15 is 0 Å². The van der Waals surface area contributed by atoms with Crippen LogP contribution in [0, 0.1) is 6.92 Å². The molecule has 0 unspecified atom stereocenters. The first-order valence-electron chi connectivity index (χ1n) is 4.83. The Balaban J connectivity index is 2.65. The largest absolute Gasteiger partial charge is 0.479 e. The van der Waals surface area contributed by atoms with Gasteiger partial charge in [0.25, 0.3) is 0 Å². The zero-order valence-corrected chi connectivity index (χ0v) is 10.1. The van der Waals surface area contributed by atoms with Crippen LogP contribution in [0.1, 0.15) is 15.2 Å².